The van der Waals surface area contributed by atoms with Crippen LogP contribution in [0.15, 0.2) is 23.2 Å². The van der Waals surface area contributed by atoms with E-state index >= 15 is 0 Å². The minimum Gasteiger partial charge on any atom is -0.383 e. The Labute approximate surface area is 93.6 Å². The van der Waals surface area contributed by atoms with Crippen LogP contribution in [0.5, 0.6) is 0 Å². The molecule has 0 spiro atoms. The van der Waals surface area contributed by atoms with Crippen molar-refractivity contribution in [3.8, 4) is 0 Å². The van der Waals surface area contributed by atoms with Crippen LogP contribution in [0.1, 0.15) is 19.4 Å². The summed E-state index contributed by atoms with van der Waals surface area (Å²) in [5.41, 5.74) is 14.0. The topological polar surface area (TPSA) is 93.1 Å². The summed E-state index contributed by atoms with van der Waals surface area (Å²) in [6.45, 7) is 3.97. The van der Waals surface area contributed by atoms with Crippen LogP contribution in [-0.4, -0.2) is 21.8 Å². The van der Waals surface area contributed by atoms with Gasteiger partial charge in [-0.25, -0.2) is 4.98 Å². The fraction of sp³-hybridized carbons (Fsp3) is 0.273. The molecule has 0 radical (unpaired) electrons. The molecule has 5 N–H and O–H groups in total. The van der Waals surface area contributed by atoms with Crippen LogP contribution in [-0.2, 0) is 0 Å². The quantitative estimate of drug-likeness (QED) is 0.522. The molecule has 0 aliphatic heterocycles. The van der Waals surface area contributed by atoms with Gasteiger partial charge in [0.15, 0.2) is 5.95 Å². The summed E-state index contributed by atoms with van der Waals surface area (Å²) >= 11 is 0. The van der Waals surface area contributed by atoms with E-state index in [1.807, 2.05) is 32.0 Å². The second-order valence-corrected chi connectivity index (χ2v) is 3.96. The van der Waals surface area contributed by atoms with E-state index in [9.17, 15) is 0 Å². The third kappa shape index (κ3) is 1.98. The van der Waals surface area contributed by atoms with Gasteiger partial charge in [0.1, 0.15) is 5.84 Å². The number of hydrogen-bond donors (Lipinski definition) is 3. The van der Waals surface area contributed by atoms with Gasteiger partial charge in [0.2, 0.25) is 0 Å². The largest absolute Gasteiger partial charge is 0.383 e. The number of nitrogen functional groups attached to an aromatic ring is 1. The number of aliphatic imine (C=N–C) groups is 1. The van der Waals surface area contributed by atoms with Crippen molar-refractivity contribution in [1.82, 2.24) is 9.97 Å². The summed E-state index contributed by atoms with van der Waals surface area (Å²) in [6, 6.07) is 5.85. The summed E-state index contributed by atoms with van der Waals surface area (Å²) in [7, 11) is 0. The second-order valence-electron chi connectivity index (χ2n) is 3.96. The SMILES string of the molecule is CC(C)N=C(N)c1ccc2nc(N)[nH]c2c1. The van der Waals surface area contributed by atoms with Gasteiger partial charge in [-0.3, -0.25) is 4.99 Å². The van der Waals surface area contributed by atoms with Crippen molar-refractivity contribution in [3.05, 3.63) is 23.8 Å². The number of amidine groups is 1. The summed E-state index contributed by atoms with van der Waals surface area (Å²) in [6.07, 6.45) is 0. The smallest absolute Gasteiger partial charge is 0.198 e. The molecule has 2 rings (SSSR count). The van der Waals surface area contributed by atoms with E-state index in [0.717, 1.165) is 16.6 Å². The molecular formula is C11H15N5. The van der Waals surface area contributed by atoms with Gasteiger partial charge in [0, 0.05) is 11.6 Å². The number of anilines is 1. The molecule has 5 heteroatoms. The highest BCUT2D eigenvalue weighted by Gasteiger charge is 2.04. The zero-order valence-corrected chi connectivity index (χ0v) is 9.36. The first kappa shape index (κ1) is 10.5. The highest BCUT2D eigenvalue weighted by Crippen LogP contribution is 2.14. The van der Waals surface area contributed by atoms with E-state index in [-0.39, 0.29) is 6.04 Å². The van der Waals surface area contributed by atoms with Crippen LogP contribution in [0.3, 0.4) is 0 Å². The molecule has 5 nitrogen and oxygen atoms in total. The first-order valence-electron chi connectivity index (χ1n) is 5.15. The van der Waals surface area contributed by atoms with Gasteiger partial charge in [-0.1, -0.05) is 0 Å². The number of nitrogens with two attached hydrogens (primary N) is 2. The lowest BCUT2D eigenvalue weighted by molar-refractivity contribution is 0.834. The second kappa shape index (κ2) is 3.84. The predicted molar refractivity (Wildman–Crippen MR) is 66.4 cm³/mol. The van der Waals surface area contributed by atoms with Crippen molar-refractivity contribution in [1.29, 1.82) is 0 Å². The number of H-pyrrole nitrogens is 1. The Bertz CT molecular complexity index is 538. The number of aromatic nitrogens is 2. The number of fused-ring (bicyclic) bond motifs is 1. The molecule has 0 saturated carbocycles. The van der Waals surface area contributed by atoms with Crippen molar-refractivity contribution < 1.29 is 0 Å². The first-order chi connectivity index (χ1) is 7.56. The van der Waals surface area contributed by atoms with Crippen molar-refractivity contribution in [3.63, 3.8) is 0 Å². The Morgan fingerprint density at radius 1 is 1.44 bits per heavy atom. The lowest BCUT2D eigenvalue weighted by Crippen LogP contribution is -2.15. The zero-order valence-electron chi connectivity index (χ0n) is 9.36. The summed E-state index contributed by atoms with van der Waals surface area (Å²) in [5.74, 6) is 0.941. The Morgan fingerprint density at radius 3 is 2.88 bits per heavy atom. The lowest BCUT2D eigenvalue weighted by atomic mass is 10.2. The molecule has 0 aliphatic rings. The third-order valence-electron chi connectivity index (χ3n) is 2.19. The van der Waals surface area contributed by atoms with E-state index in [1.54, 1.807) is 0 Å². The van der Waals surface area contributed by atoms with Crippen LogP contribution in [0, 0.1) is 0 Å². The molecule has 1 aromatic heterocycles. The number of aromatic amines is 1. The van der Waals surface area contributed by atoms with E-state index in [4.69, 9.17) is 11.5 Å². The maximum atomic E-state index is 5.88. The summed E-state index contributed by atoms with van der Waals surface area (Å²) in [4.78, 5) is 11.4. The molecule has 0 atom stereocenters. The molecule has 84 valence electrons. The highest BCUT2D eigenvalue weighted by molar-refractivity contribution is 6.00. The monoisotopic (exact) mass is 217 g/mol. The molecule has 0 bridgehead atoms. The van der Waals surface area contributed by atoms with Crippen molar-refractivity contribution in [2.45, 2.75) is 19.9 Å². The molecule has 0 aliphatic carbocycles. The average molecular weight is 217 g/mol. The normalized spacial score (nSPS) is 12.6. The van der Waals surface area contributed by atoms with Crippen molar-refractivity contribution in [2.75, 3.05) is 5.73 Å². The molecule has 0 amide bonds. The van der Waals surface area contributed by atoms with Gasteiger partial charge < -0.3 is 16.5 Å². The summed E-state index contributed by atoms with van der Waals surface area (Å²) in [5, 5.41) is 0. The van der Waals surface area contributed by atoms with E-state index < -0.39 is 0 Å². The number of hydrogen-bond acceptors (Lipinski definition) is 3. The number of nitrogens with zero attached hydrogens (tertiary/aromatic N) is 2. The molecule has 16 heavy (non-hydrogen) atoms. The maximum absolute atomic E-state index is 5.88. The van der Waals surface area contributed by atoms with Crippen LogP contribution in [0.4, 0.5) is 5.95 Å². The minimum atomic E-state index is 0.183. The predicted octanol–water partition coefficient (Wildman–Crippen LogP) is 1.26. The summed E-state index contributed by atoms with van der Waals surface area (Å²) < 4.78 is 0. The Morgan fingerprint density at radius 2 is 2.19 bits per heavy atom. The molecule has 0 saturated heterocycles. The zero-order chi connectivity index (χ0) is 11.7. The molecule has 1 heterocycles. The Balaban J connectivity index is 2.46. The van der Waals surface area contributed by atoms with E-state index in [2.05, 4.69) is 15.0 Å². The van der Waals surface area contributed by atoms with E-state index in [1.165, 1.54) is 0 Å². The van der Waals surface area contributed by atoms with Gasteiger partial charge in [-0.15, -0.1) is 0 Å². The average Bonchev–Trinajstić information content (AvgIpc) is 2.55. The molecule has 0 unspecified atom stereocenters. The maximum Gasteiger partial charge on any atom is 0.198 e. The van der Waals surface area contributed by atoms with Crippen LogP contribution < -0.4 is 11.5 Å². The molecular weight excluding hydrogens is 202 g/mol. The fourth-order valence-electron chi connectivity index (χ4n) is 1.54. The number of imidazole rings is 1. The van der Waals surface area contributed by atoms with Gasteiger partial charge in [0.05, 0.1) is 11.0 Å². The van der Waals surface area contributed by atoms with Gasteiger partial charge in [-0.05, 0) is 32.0 Å². The van der Waals surface area contributed by atoms with Crippen LogP contribution >= 0.6 is 0 Å². The van der Waals surface area contributed by atoms with Gasteiger partial charge in [0.25, 0.3) is 0 Å². The van der Waals surface area contributed by atoms with Crippen LogP contribution in [0.2, 0.25) is 0 Å². The van der Waals surface area contributed by atoms with Crippen molar-refractivity contribution >= 4 is 22.8 Å². The van der Waals surface area contributed by atoms with E-state index in [0.29, 0.717) is 11.8 Å². The van der Waals surface area contributed by atoms with Gasteiger partial charge in [-0.2, -0.15) is 0 Å². The molecule has 1 aromatic carbocycles. The standard InChI is InChI=1S/C11H15N5/c1-6(2)14-10(12)7-3-4-8-9(5-7)16-11(13)15-8/h3-6H,1-2H3,(H2,12,14)(H3,13,15,16). The Hall–Kier alpha value is -2.04. The minimum absolute atomic E-state index is 0.183. The third-order valence-corrected chi connectivity index (χ3v) is 2.19. The first-order valence-corrected chi connectivity index (χ1v) is 5.15. The van der Waals surface area contributed by atoms with Crippen molar-refractivity contribution in [2.24, 2.45) is 10.7 Å². The van der Waals surface area contributed by atoms with Gasteiger partial charge >= 0.3 is 0 Å². The fourth-order valence-corrected chi connectivity index (χ4v) is 1.54. The lowest BCUT2D eigenvalue weighted by Gasteiger charge is -2.03. The Kier molecular flexibility index (Phi) is 2.52. The molecule has 2 aromatic rings. The molecule has 0 fully saturated rings. The number of benzene rings is 1. The highest BCUT2D eigenvalue weighted by atomic mass is 15.0. The van der Waals surface area contributed by atoms with Crippen LogP contribution in [0.25, 0.3) is 11.0 Å². The number of nitrogens with one attached hydrogen (secondary N) is 1. The number of rotatable bonds is 2.